The summed E-state index contributed by atoms with van der Waals surface area (Å²) >= 11 is 0. The van der Waals surface area contributed by atoms with Crippen LogP contribution < -0.4 is 5.32 Å². The second-order valence-corrected chi connectivity index (χ2v) is 9.44. The van der Waals surface area contributed by atoms with Gasteiger partial charge in [-0.25, -0.2) is 4.68 Å². The highest BCUT2D eigenvalue weighted by Gasteiger charge is 2.40. The van der Waals surface area contributed by atoms with Crippen molar-refractivity contribution in [3.05, 3.63) is 72.1 Å². The van der Waals surface area contributed by atoms with Crippen molar-refractivity contribution in [3.8, 4) is 28.5 Å². The van der Waals surface area contributed by atoms with Crippen molar-refractivity contribution in [1.82, 2.24) is 25.2 Å². The number of aliphatic hydroxyl groups is 2. The predicted octanol–water partition coefficient (Wildman–Crippen LogP) is 4.31. The first-order chi connectivity index (χ1) is 18.8. The van der Waals surface area contributed by atoms with E-state index in [1.54, 1.807) is 18.2 Å². The van der Waals surface area contributed by atoms with Crippen LogP contribution >= 0.6 is 0 Å². The maximum absolute atomic E-state index is 14.0. The number of alkyl halides is 3. The van der Waals surface area contributed by atoms with Gasteiger partial charge in [0.2, 0.25) is 5.82 Å². The highest BCUT2D eigenvalue weighted by atomic mass is 19.4. The van der Waals surface area contributed by atoms with Gasteiger partial charge in [0.05, 0.1) is 17.4 Å². The number of carbonyl (C=O) groups is 1. The van der Waals surface area contributed by atoms with Gasteiger partial charge in [-0.15, -0.1) is 0 Å². The van der Waals surface area contributed by atoms with Crippen LogP contribution in [-0.2, 0) is 11.0 Å². The second kappa shape index (κ2) is 11.0. The largest absolute Gasteiger partial charge is 0.434 e. The molecular formula is C27H26F3N5O4. The molecule has 2 aromatic carbocycles. The first-order valence-electron chi connectivity index (χ1n) is 12.5. The van der Waals surface area contributed by atoms with Gasteiger partial charge < -0.3 is 20.1 Å². The summed E-state index contributed by atoms with van der Waals surface area (Å²) in [6.07, 6.45) is -1.66. The molecule has 9 nitrogen and oxygen atoms in total. The lowest BCUT2D eigenvalue weighted by molar-refractivity contribution is -0.142. The summed E-state index contributed by atoms with van der Waals surface area (Å²) in [4.78, 5) is 16.8. The molecule has 0 saturated heterocycles. The minimum Gasteiger partial charge on any atom is -0.396 e. The van der Waals surface area contributed by atoms with Crippen LogP contribution in [0, 0.1) is 5.92 Å². The van der Waals surface area contributed by atoms with E-state index in [9.17, 15) is 28.2 Å². The molecule has 5 rings (SSSR count). The van der Waals surface area contributed by atoms with E-state index in [1.165, 1.54) is 36.4 Å². The Balaban J connectivity index is 1.34. The number of benzene rings is 2. The minimum absolute atomic E-state index is 0.0278. The Labute approximate surface area is 221 Å². The zero-order chi connectivity index (χ0) is 27.6. The number of hydrogen-bond donors (Lipinski definition) is 3. The smallest absolute Gasteiger partial charge is 0.396 e. The van der Waals surface area contributed by atoms with Crippen molar-refractivity contribution in [2.24, 2.45) is 5.92 Å². The normalized spacial score (nSPS) is 18.6. The molecule has 1 aliphatic carbocycles. The van der Waals surface area contributed by atoms with Crippen LogP contribution in [0.3, 0.4) is 0 Å². The van der Waals surface area contributed by atoms with Gasteiger partial charge in [0.1, 0.15) is 0 Å². The van der Waals surface area contributed by atoms with Gasteiger partial charge in [-0.3, -0.25) is 4.79 Å². The molecule has 204 valence electrons. The van der Waals surface area contributed by atoms with E-state index in [4.69, 9.17) is 4.52 Å². The summed E-state index contributed by atoms with van der Waals surface area (Å²) < 4.78 is 47.9. The topological polar surface area (TPSA) is 126 Å². The Hall–Kier alpha value is -4.03. The van der Waals surface area contributed by atoms with Gasteiger partial charge in [0, 0.05) is 24.1 Å². The maximum atomic E-state index is 14.0. The fourth-order valence-electron chi connectivity index (χ4n) is 4.84. The number of amides is 1. The molecule has 0 unspecified atom stereocenters. The summed E-state index contributed by atoms with van der Waals surface area (Å²) in [6, 6.07) is 13.8. The Morgan fingerprint density at radius 2 is 1.82 bits per heavy atom. The molecule has 4 aromatic rings. The molecule has 1 saturated carbocycles. The predicted molar refractivity (Wildman–Crippen MR) is 133 cm³/mol. The zero-order valence-electron chi connectivity index (χ0n) is 20.7. The van der Waals surface area contributed by atoms with Gasteiger partial charge in [0.15, 0.2) is 11.8 Å². The van der Waals surface area contributed by atoms with Crippen LogP contribution in [0.2, 0.25) is 0 Å². The molecule has 39 heavy (non-hydrogen) atoms. The first-order valence-corrected chi connectivity index (χ1v) is 12.5. The van der Waals surface area contributed by atoms with Crippen LogP contribution in [0.15, 0.2) is 65.3 Å². The van der Waals surface area contributed by atoms with Gasteiger partial charge in [-0.05, 0) is 30.5 Å². The lowest BCUT2D eigenvalue weighted by atomic mass is 9.85. The molecule has 0 radical (unpaired) electrons. The molecule has 1 fully saturated rings. The van der Waals surface area contributed by atoms with Crippen molar-refractivity contribution in [2.45, 2.75) is 44.0 Å². The van der Waals surface area contributed by atoms with Crippen LogP contribution in [0.25, 0.3) is 28.5 Å². The number of aliphatic hydroxyl groups excluding tert-OH is 2. The highest BCUT2D eigenvalue weighted by Crippen LogP contribution is 2.38. The number of hydrogen-bond acceptors (Lipinski definition) is 7. The molecule has 3 N–H and O–H groups in total. The lowest BCUT2D eigenvalue weighted by Crippen LogP contribution is -2.45. The van der Waals surface area contributed by atoms with E-state index in [0.29, 0.717) is 11.1 Å². The summed E-state index contributed by atoms with van der Waals surface area (Å²) in [5.74, 6) is -0.926. The Morgan fingerprint density at radius 1 is 1.10 bits per heavy atom. The molecule has 1 amide bonds. The van der Waals surface area contributed by atoms with Gasteiger partial charge in [0.25, 0.3) is 11.8 Å². The molecule has 12 heteroatoms. The SMILES string of the molecule is O=C(N[C@@H]1CCCC[C@@H]1CO)[C@@H](O)c1ccc(-c2noc(-c3cnn(-c4ccccc4)c3C(F)(F)F)n2)cc1. The summed E-state index contributed by atoms with van der Waals surface area (Å²) in [7, 11) is 0. The van der Waals surface area contributed by atoms with Crippen molar-refractivity contribution in [2.75, 3.05) is 6.61 Å². The third-order valence-corrected chi connectivity index (χ3v) is 6.90. The quantitative estimate of drug-likeness (QED) is 0.318. The monoisotopic (exact) mass is 541 g/mol. The molecular weight excluding hydrogens is 515 g/mol. The van der Waals surface area contributed by atoms with Crippen molar-refractivity contribution >= 4 is 5.91 Å². The van der Waals surface area contributed by atoms with Crippen molar-refractivity contribution in [1.29, 1.82) is 0 Å². The third-order valence-electron chi connectivity index (χ3n) is 6.90. The molecule has 3 atom stereocenters. The summed E-state index contributed by atoms with van der Waals surface area (Å²) in [5.41, 5.74) is -0.449. The summed E-state index contributed by atoms with van der Waals surface area (Å²) in [5, 5.41) is 30.7. The van der Waals surface area contributed by atoms with Crippen LogP contribution in [0.4, 0.5) is 13.2 Å². The summed E-state index contributed by atoms with van der Waals surface area (Å²) in [6.45, 7) is -0.0278. The average Bonchev–Trinajstić information content (AvgIpc) is 3.61. The van der Waals surface area contributed by atoms with Crippen LogP contribution in [-0.4, -0.2) is 48.7 Å². The van der Waals surface area contributed by atoms with Crippen molar-refractivity contribution < 1.29 is 32.7 Å². The third kappa shape index (κ3) is 5.57. The Morgan fingerprint density at radius 3 is 2.51 bits per heavy atom. The number of nitrogens with one attached hydrogen (secondary N) is 1. The van der Waals surface area contributed by atoms with Crippen LogP contribution in [0.5, 0.6) is 0 Å². The average molecular weight is 542 g/mol. The number of aromatic nitrogens is 4. The molecule has 1 aliphatic rings. The maximum Gasteiger partial charge on any atom is 0.434 e. The van der Waals surface area contributed by atoms with E-state index >= 15 is 0 Å². The second-order valence-electron chi connectivity index (χ2n) is 9.44. The molecule has 0 aliphatic heterocycles. The van der Waals surface area contributed by atoms with Gasteiger partial charge in [-0.1, -0.05) is 60.5 Å². The highest BCUT2D eigenvalue weighted by molar-refractivity contribution is 5.82. The fourth-order valence-corrected chi connectivity index (χ4v) is 4.84. The Kier molecular flexibility index (Phi) is 7.49. The molecule has 0 spiro atoms. The van der Waals surface area contributed by atoms with Gasteiger partial charge >= 0.3 is 6.18 Å². The molecule has 2 aromatic heterocycles. The van der Waals surface area contributed by atoms with E-state index in [2.05, 4.69) is 20.6 Å². The number of nitrogens with zero attached hydrogens (tertiary/aromatic N) is 4. The van der Waals surface area contributed by atoms with Crippen molar-refractivity contribution in [3.63, 3.8) is 0 Å². The number of para-hydroxylation sites is 1. The van der Waals surface area contributed by atoms with E-state index < -0.39 is 23.9 Å². The first kappa shape index (κ1) is 26.6. The molecule has 0 bridgehead atoms. The molecule has 2 heterocycles. The van der Waals surface area contributed by atoms with E-state index in [1.807, 2.05) is 0 Å². The zero-order valence-corrected chi connectivity index (χ0v) is 20.7. The fraction of sp³-hybridized carbons (Fsp3) is 0.333. The van der Waals surface area contributed by atoms with E-state index in [-0.39, 0.29) is 41.5 Å². The van der Waals surface area contributed by atoms with Gasteiger partial charge in [-0.2, -0.15) is 23.3 Å². The lowest BCUT2D eigenvalue weighted by Gasteiger charge is -2.31. The number of rotatable bonds is 7. The minimum atomic E-state index is -4.75. The number of halogens is 3. The number of carbonyl (C=O) groups excluding carboxylic acids is 1. The van der Waals surface area contributed by atoms with E-state index in [0.717, 1.165) is 36.6 Å². The Bertz CT molecular complexity index is 1420. The standard InChI is InChI=1S/C27H26F3N5O4/c28-27(29,30)23-20(14-31-35(23)19-7-2-1-3-8-19)26-33-24(34-39-26)17-12-10-16(11-13-17)22(37)25(38)32-21-9-5-4-6-18(21)15-36/h1-3,7-8,10-14,18,21-22,36-37H,4-6,9,15H2,(H,32,38)/t18-,21-,22+/m1/s1. The van der Waals surface area contributed by atoms with Crippen LogP contribution in [0.1, 0.15) is 43.0 Å².